The lowest BCUT2D eigenvalue weighted by atomic mass is 10.2. The van der Waals surface area contributed by atoms with E-state index in [0.29, 0.717) is 16.6 Å². The molecular formula is C10H11FN2OS. The Kier molecular flexibility index (Phi) is 2.26. The third-order valence-electron chi connectivity index (χ3n) is 1.97. The monoisotopic (exact) mass is 226 g/mol. The summed E-state index contributed by atoms with van der Waals surface area (Å²) in [4.78, 5) is 2.79. The average Bonchev–Trinajstić information content (AvgIpc) is 2.57. The minimum Gasteiger partial charge on any atom is -0.359 e. The van der Waals surface area contributed by atoms with Crippen LogP contribution in [0.2, 0.25) is 0 Å². The Morgan fingerprint density at radius 1 is 1.33 bits per heavy atom. The van der Waals surface area contributed by atoms with E-state index in [-0.39, 0.29) is 5.82 Å². The molecule has 5 heteroatoms. The fourth-order valence-corrected chi connectivity index (χ4v) is 2.06. The first kappa shape index (κ1) is 10.2. The number of rotatable bonds is 1. The van der Waals surface area contributed by atoms with Crippen LogP contribution in [0.15, 0.2) is 28.8 Å². The van der Waals surface area contributed by atoms with Crippen molar-refractivity contribution in [1.29, 1.82) is 0 Å². The van der Waals surface area contributed by atoms with Crippen molar-refractivity contribution in [2.24, 2.45) is 4.36 Å². The van der Waals surface area contributed by atoms with Gasteiger partial charge in [0.15, 0.2) is 0 Å². The van der Waals surface area contributed by atoms with Gasteiger partial charge in [0.25, 0.3) is 0 Å². The highest BCUT2D eigenvalue weighted by atomic mass is 32.2. The maximum atomic E-state index is 13.3. The van der Waals surface area contributed by atoms with Gasteiger partial charge in [0, 0.05) is 33.8 Å². The number of nitrogens with one attached hydrogen (secondary N) is 1. The van der Waals surface area contributed by atoms with Crippen molar-refractivity contribution in [3.05, 3.63) is 30.2 Å². The number of aromatic nitrogens is 1. The molecule has 2 rings (SSSR count). The SMILES string of the molecule is CS(C)(=O)=Nc1ccc(F)c2[nH]ccc12. The van der Waals surface area contributed by atoms with Crippen LogP contribution >= 0.6 is 0 Å². The summed E-state index contributed by atoms with van der Waals surface area (Å²) in [5, 5.41) is 0.659. The number of halogens is 1. The fraction of sp³-hybridized carbons (Fsp3) is 0.200. The van der Waals surface area contributed by atoms with Gasteiger partial charge in [-0.1, -0.05) is 0 Å². The van der Waals surface area contributed by atoms with Gasteiger partial charge in [0.1, 0.15) is 5.82 Å². The topological polar surface area (TPSA) is 45.2 Å². The molecule has 0 atom stereocenters. The summed E-state index contributed by atoms with van der Waals surface area (Å²) in [7, 11) is -2.22. The van der Waals surface area contributed by atoms with Crippen molar-refractivity contribution >= 4 is 26.3 Å². The number of benzene rings is 1. The van der Waals surface area contributed by atoms with E-state index in [4.69, 9.17) is 0 Å². The lowest BCUT2D eigenvalue weighted by Crippen LogP contribution is -1.89. The molecule has 0 fully saturated rings. The Labute approximate surface area is 87.5 Å². The molecule has 15 heavy (non-hydrogen) atoms. The van der Waals surface area contributed by atoms with Crippen LogP contribution in [0.5, 0.6) is 0 Å². The van der Waals surface area contributed by atoms with Gasteiger partial charge in [-0.3, -0.25) is 0 Å². The zero-order chi connectivity index (χ0) is 11.1. The molecule has 0 amide bonds. The van der Waals surface area contributed by atoms with Crippen molar-refractivity contribution < 1.29 is 8.60 Å². The predicted molar refractivity (Wildman–Crippen MR) is 60.3 cm³/mol. The summed E-state index contributed by atoms with van der Waals surface area (Å²) in [6.45, 7) is 0. The van der Waals surface area contributed by atoms with Crippen molar-refractivity contribution in [3.8, 4) is 0 Å². The van der Waals surface area contributed by atoms with Gasteiger partial charge in [-0.25, -0.2) is 8.60 Å². The van der Waals surface area contributed by atoms with E-state index in [2.05, 4.69) is 9.35 Å². The predicted octanol–water partition coefficient (Wildman–Crippen LogP) is 2.67. The molecule has 0 aliphatic rings. The van der Waals surface area contributed by atoms with Gasteiger partial charge in [-0.15, -0.1) is 0 Å². The number of nitrogens with zero attached hydrogens (tertiary/aromatic N) is 1. The molecule has 0 unspecified atom stereocenters. The van der Waals surface area contributed by atoms with Crippen molar-refractivity contribution in [2.45, 2.75) is 0 Å². The van der Waals surface area contributed by atoms with Crippen LogP contribution in [0.25, 0.3) is 10.9 Å². The molecule has 0 radical (unpaired) electrons. The van der Waals surface area contributed by atoms with E-state index in [1.54, 1.807) is 24.8 Å². The number of hydrogen-bond acceptors (Lipinski definition) is 2. The standard InChI is InChI=1S/C10H11FN2OS/c1-15(2,14)13-9-4-3-8(11)10-7(9)5-6-12-10/h3-6,12H,1-2H3. The van der Waals surface area contributed by atoms with E-state index < -0.39 is 9.73 Å². The number of fused-ring (bicyclic) bond motifs is 1. The molecule has 1 aromatic carbocycles. The van der Waals surface area contributed by atoms with Crippen molar-refractivity contribution in [3.63, 3.8) is 0 Å². The highest BCUT2D eigenvalue weighted by molar-refractivity contribution is 7.92. The largest absolute Gasteiger partial charge is 0.359 e. The van der Waals surface area contributed by atoms with Gasteiger partial charge in [-0.05, 0) is 18.2 Å². The highest BCUT2D eigenvalue weighted by Gasteiger charge is 2.06. The summed E-state index contributed by atoms with van der Waals surface area (Å²) in [6, 6.07) is 4.59. The summed E-state index contributed by atoms with van der Waals surface area (Å²) in [5.41, 5.74) is 0.961. The number of H-pyrrole nitrogens is 1. The average molecular weight is 226 g/mol. The number of hydrogen-bond donors (Lipinski definition) is 1. The minimum absolute atomic E-state index is 0.326. The first-order valence-electron chi connectivity index (χ1n) is 4.40. The molecule has 0 bridgehead atoms. The van der Waals surface area contributed by atoms with Crippen LogP contribution in [0, 0.1) is 5.82 Å². The van der Waals surface area contributed by atoms with Crippen molar-refractivity contribution in [2.75, 3.05) is 12.5 Å². The van der Waals surface area contributed by atoms with Gasteiger partial charge in [0.05, 0.1) is 11.2 Å². The van der Waals surface area contributed by atoms with Gasteiger partial charge in [0.2, 0.25) is 0 Å². The van der Waals surface area contributed by atoms with E-state index in [1.807, 2.05) is 0 Å². The van der Waals surface area contributed by atoms with E-state index in [0.717, 1.165) is 0 Å². The molecule has 0 saturated carbocycles. The quantitative estimate of drug-likeness (QED) is 0.798. The first-order chi connectivity index (χ1) is 6.97. The normalized spacial score (nSPS) is 11.9. The third kappa shape index (κ3) is 2.02. The Morgan fingerprint density at radius 2 is 2.07 bits per heavy atom. The lowest BCUT2D eigenvalue weighted by molar-refractivity contribution is 0.637. The Morgan fingerprint density at radius 3 is 2.73 bits per heavy atom. The second-order valence-electron chi connectivity index (χ2n) is 3.61. The Hall–Kier alpha value is -1.36. The zero-order valence-corrected chi connectivity index (χ0v) is 9.27. The summed E-state index contributed by atoms with van der Waals surface area (Å²) in [5.74, 6) is -0.326. The lowest BCUT2D eigenvalue weighted by Gasteiger charge is -1.99. The van der Waals surface area contributed by atoms with Gasteiger partial charge in [-0.2, -0.15) is 4.36 Å². The second kappa shape index (κ2) is 3.34. The van der Waals surface area contributed by atoms with Crippen LogP contribution < -0.4 is 0 Å². The molecule has 80 valence electrons. The van der Waals surface area contributed by atoms with E-state index in [1.165, 1.54) is 12.1 Å². The minimum atomic E-state index is -2.22. The summed E-state index contributed by atoms with van der Waals surface area (Å²) in [6.07, 6.45) is 4.74. The van der Waals surface area contributed by atoms with Gasteiger partial charge < -0.3 is 4.98 Å². The van der Waals surface area contributed by atoms with Crippen LogP contribution in [0.1, 0.15) is 0 Å². The third-order valence-corrected chi connectivity index (χ3v) is 2.60. The second-order valence-corrected chi connectivity index (χ2v) is 6.15. The molecule has 2 aromatic rings. The van der Waals surface area contributed by atoms with Crippen LogP contribution in [-0.2, 0) is 9.73 Å². The van der Waals surface area contributed by atoms with Crippen LogP contribution in [-0.4, -0.2) is 21.7 Å². The first-order valence-corrected chi connectivity index (χ1v) is 6.73. The number of aromatic amines is 1. The fourth-order valence-electron chi connectivity index (χ4n) is 1.42. The molecule has 0 spiro atoms. The molecule has 1 heterocycles. The van der Waals surface area contributed by atoms with Gasteiger partial charge >= 0.3 is 0 Å². The molecule has 0 aliphatic carbocycles. The molecule has 0 aliphatic heterocycles. The molecule has 1 aromatic heterocycles. The molecule has 3 nitrogen and oxygen atoms in total. The maximum absolute atomic E-state index is 13.3. The van der Waals surface area contributed by atoms with Crippen LogP contribution in [0.4, 0.5) is 10.1 Å². The summed E-state index contributed by atoms with van der Waals surface area (Å²) < 4.78 is 28.9. The Bertz CT molecular complexity index is 615. The van der Waals surface area contributed by atoms with Crippen LogP contribution in [0.3, 0.4) is 0 Å². The molecule has 1 N–H and O–H groups in total. The van der Waals surface area contributed by atoms with E-state index >= 15 is 0 Å². The molecular weight excluding hydrogens is 215 g/mol. The summed E-state index contributed by atoms with van der Waals surface area (Å²) >= 11 is 0. The Balaban J connectivity index is 2.79. The highest BCUT2D eigenvalue weighted by Crippen LogP contribution is 2.27. The maximum Gasteiger partial charge on any atom is 0.147 e. The van der Waals surface area contributed by atoms with Crippen molar-refractivity contribution in [1.82, 2.24) is 4.98 Å². The zero-order valence-electron chi connectivity index (χ0n) is 8.45. The van der Waals surface area contributed by atoms with E-state index in [9.17, 15) is 8.60 Å². The smallest absolute Gasteiger partial charge is 0.147 e. The molecule has 0 saturated heterocycles.